The van der Waals surface area contributed by atoms with Gasteiger partial charge in [-0.2, -0.15) is 0 Å². The first-order valence-corrected chi connectivity index (χ1v) is 6.41. The fourth-order valence-electron chi connectivity index (χ4n) is 2.76. The summed E-state index contributed by atoms with van der Waals surface area (Å²) in [6.45, 7) is 0.742. The van der Waals surface area contributed by atoms with E-state index in [2.05, 4.69) is 24.8 Å². The summed E-state index contributed by atoms with van der Waals surface area (Å²) in [6.07, 6.45) is 8.01. The number of aliphatic hydroxyl groups excluding tert-OH is 1. The number of anilines is 1. The molecule has 96 valence electrons. The molecule has 6 nitrogen and oxygen atoms in total. The van der Waals surface area contributed by atoms with Crippen molar-refractivity contribution in [1.82, 2.24) is 19.9 Å². The number of H-pyrrole nitrogens is 1. The van der Waals surface area contributed by atoms with Gasteiger partial charge in [0.25, 0.3) is 0 Å². The van der Waals surface area contributed by atoms with E-state index in [1.54, 1.807) is 6.33 Å². The van der Waals surface area contributed by atoms with E-state index in [1.807, 2.05) is 0 Å². The number of nitrogens with zero attached hydrogens (tertiary/aromatic N) is 4. The summed E-state index contributed by atoms with van der Waals surface area (Å²) < 4.78 is 0. The van der Waals surface area contributed by atoms with E-state index in [0.29, 0.717) is 18.2 Å². The molecule has 0 atom stereocenters. The Kier molecular flexibility index (Phi) is 3.10. The maximum absolute atomic E-state index is 9.27. The lowest BCUT2D eigenvalue weighted by Crippen LogP contribution is -2.36. The van der Waals surface area contributed by atoms with Gasteiger partial charge in [-0.1, -0.05) is 12.8 Å². The first-order chi connectivity index (χ1) is 8.90. The van der Waals surface area contributed by atoms with Gasteiger partial charge in [0.2, 0.25) is 0 Å². The van der Waals surface area contributed by atoms with Crippen LogP contribution in [-0.2, 0) is 0 Å². The minimum absolute atomic E-state index is 0.135. The van der Waals surface area contributed by atoms with Crippen molar-refractivity contribution in [2.45, 2.75) is 31.7 Å². The number of nitrogens with one attached hydrogen (secondary N) is 1. The largest absolute Gasteiger partial charge is 0.395 e. The summed E-state index contributed by atoms with van der Waals surface area (Å²) in [4.78, 5) is 17.9. The van der Waals surface area contributed by atoms with Gasteiger partial charge < -0.3 is 15.0 Å². The summed E-state index contributed by atoms with van der Waals surface area (Å²) in [7, 11) is 0. The molecule has 2 aromatic heterocycles. The first-order valence-electron chi connectivity index (χ1n) is 6.41. The predicted molar refractivity (Wildman–Crippen MR) is 68.4 cm³/mol. The molecular formula is C12H17N5O. The van der Waals surface area contributed by atoms with Gasteiger partial charge in [0.15, 0.2) is 11.5 Å². The zero-order valence-electron chi connectivity index (χ0n) is 10.2. The van der Waals surface area contributed by atoms with Crippen molar-refractivity contribution in [3.05, 3.63) is 12.7 Å². The number of hydrogen-bond donors (Lipinski definition) is 2. The third kappa shape index (κ3) is 1.92. The van der Waals surface area contributed by atoms with Gasteiger partial charge in [-0.25, -0.2) is 15.0 Å². The zero-order valence-corrected chi connectivity index (χ0v) is 10.2. The Hall–Kier alpha value is -1.69. The predicted octanol–water partition coefficient (Wildman–Crippen LogP) is 1.09. The lowest BCUT2D eigenvalue weighted by Gasteiger charge is -2.29. The van der Waals surface area contributed by atoms with Crippen LogP contribution in [0.25, 0.3) is 11.2 Å². The maximum Gasteiger partial charge on any atom is 0.182 e. The van der Waals surface area contributed by atoms with Crippen LogP contribution in [0.3, 0.4) is 0 Å². The number of hydrogen-bond acceptors (Lipinski definition) is 5. The molecule has 6 heteroatoms. The normalized spacial score (nSPS) is 16.5. The monoisotopic (exact) mass is 247 g/mol. The van der Waals surface area contributed by atoms with Crippen LogP contribution >= 0.6 is 0 Å². The maximum atomic E-state index is 9.27. The number of aromatic amines is 1. The van der Waals surface area contributed by atoms with Crippen LogP contribution in [0.1, 0.15) is 25.7 Å². The van der Waals surface area contributed by atoms with E-state index >= 15 is 0 Å². The van der Waals surface area contributed by atoms with Crippen LogP contribution in [0, 0.1) is 0 Å². The third-order valence-electron chi connectivity index (χ3n) is 3.58. The van der Waals surface area contributed by atoms with Crippen molar-refractivity contribution in [3.8, 4) is 0 Å². The molecule has 18 heavy (non-hydrogen) atoms. The van der Waals surface area contributed by atoms with Crippen LogP contribution in [0.5, 0.6) is 0 Å². The SMILES string of the molecule is OCCN(c1ncnc2nc[nH]c12)C1CCCC1. The standard InChI is InChI=1S/C12H17N5O/c18-6-5-17(9-3-1-2-4-9)12-10-11(14-7-13-10)15-8-16-12/h7-9,18H,1-6H2,(H,13,14,15,16). The second-order valence-electron chi connectivity index (χ2n) is 4.65. The van der Waals surface area contributed by atoms with Gasteiger partial charge in [-0.3, -0.25) is 0 Å². The van der Waals surface area contributed by atoms with Gasteiger partial charge in [-0.15, -0.1) is 0 Å². The molecule has 2 aromatic rings. The van der Waals surface area contributed by atoms with Gasteiger partial charge in [-0.05, 0) is 12.8 Å². The number of aromatic nitrogens is 4. The molecule has 1 aliphatic rings. The molecule has 0 aromatic carbocycles. The van der Waals surface area contributed by atoms with Crippen molar-refractivity contribution in [3.63, 3.8) is 0 Å². The average molecular weight is 247 g/mol. The van der Waals surface area contributed by atoms with Crippen molar-refractivity contribution >= 4 is 17.0 Å². The lowest BCUT2D eigenvalue weighted by molar-refractivity contribution is 0.297. The van der Waals surface area contributed by atoms with Crippen molar-refractivity contribution in [1.29, 1.82) is 0 Å². The minimum atomic E-state index is 0.135. The molecule has 3 rings (SSSR count). The zero-order chi connectivity index (χ0) is 12.4. The molecule has 0 radical (unpaired) electrons. The second-order valence-corrected chi connectivity index (χ2v) is 4.65. The van der Waals surface area contributed by atoms with Crippen LogP contribution in [0.2, 0.25) is 0 Å². The summed E-state index contributed by atoms with van der Waals surface area (Å²) in [5.74, 6) is 0.860. The molecule has 0 saturated heterocycles. The molecule has 2 heterocycles. The first kappa shape index (κ1) is 11.4. The molecule has 0 spiro atoms. The van der Waals surface area contributed by atoms with Gasteiger partial charge >= 0.3 is 0 Å². The quantitative estimate of drug-likeness (QED) is 0.845. The smallest absolute Gasteiger partial charge is 0.182 e. The third-order valence-corrected chi connectivity index (χ3v) is 3.58. The molecule has 1 saturated carbocycles. The highest BCUT2D eigenvalue weighted by Gasteiger charge is 2.25. The Morgan fingerprint density at radius 2 is 2.11 bits per heavy atom. The number of rotatable bonds is 4. The van der Waals surface area contributed by atoms with E-state index in [-0.39, 0.29) is 6.61 Å². The van der Waals surface area contributed by atoms with E-state index < -0.39 is 0 Å². The van der Waals surface area contributed by atoms with E-state index in [9.17, 15) is 5.11 Å². The Morgan fingerprint density at radius 3 is 2.89 bits per heavy atom. The minimum Gasteiger partial charge on any atom is -0.395 e. The topological polar surface area (TPSA) is 77.9 Å². The summed E-state index contributed by atoms with van der Waals surface area (Å²) in [6, 6.07) is 0.471. The number of imidazole rings is 1. The number of aliphatic hydroxyl groups is 1. The molecule has 2 N–H and O–H groups in total. The van der Waals surface area contributed by atoms with Crippen LogP contribution in [0.4, 0.5) is 5.82 Å². The summed E-state index contributed by atoms with van der Waals surface area (Å²) in [5, 5.41) is 9.27. The molecule has 0 unspecified atom stereocenters. The second kappa shape index (κ2) is 4.89. The Bertz CT molecular complexity index is 520. The summed E-state index contributed by atoms with van der Waals surface area (Å²) in [5.41, 5.74) is 1.54. The van der Waals surface area contributed by atoms with E-state index in [1.165, 1.54) is 32.0 Å². The highest BCUT2D eigenvalue weighted by Crippen LogP contribution is 2.29. The molecular weight excluding hydrogens is 230 g/mol. The average Bonchev–Trinajstić information content (AvgIpc) is 3.06. The van der Waals surface area contributed by atoms with Gasteiger partial charge in [0, 0.05) is 12.6 Å². The number of fused-ring (bicyclic) bond motifs is 1. The fourth-order valence-corrected chi connectivity index (χ4v) is 2.76. The summed E-state index contributed by atoms with van der Waals surface area (Å²) >= 11 is 0. The molecule has 0 bridgehead atoms. The fraction of sp³-hybridized carbons (Fsp3) is 0.583. The Balaban J connectivity index is 2.00. The van der Waals surface area contributed by atoms with Crippen LogP contribution < -0.4 is 4.90 Å². The van der Waals surface area contributed by atoms with Crippen molar-refractivity contribution < 1.29 is 5.11 Å². The Labute approximate surface area is 105 Å². The highest BCUT2D eigenvalue weighted by molar-refractivity contribution is 5.82. The molecule has 1 aliphatic carbocycles. The molecule has 1 fully saturated rings. The van der Waals surface area contributed by atoms with Gasteiger partial charge in [0.1, 0.15) is 11.8 Å². The van der Waals surface area contributed by atoms with Gasteiger partial charge in [0.05, 0.1) is 12.9 Å². The lowest BCUT2D eigenvalue weighted by atomic mass is 10.2. The van der Waals surface area contributed by atoms with Crippen LogP contribution in [-0.4, -0.2) is 44.2 Å². The van der Waals surface area contributed by atoms with E-state index in [4.69, 9.17) is 0 Å². The van der Waals surface area contributed by atoms with Crippen molar-refractivity contribution in [2.75, 3.05) is 18.1 Å². The van der Waals surface area contributed by atoms with Crippen LogP contribution in [0.15, 0.2) is 12.7 Å². The molecule has 0 aliphatic heterocycles. The Morgan fingerprint density at radius 1 is 1.28 bits per heavy atom. The highest BCUT2D eigenvalue weighted by atomic mass is 16.3. The van der Waals surface area contributed by atoms with E-state index in [0.717, 1.165) is 11.3 Å². The van der Waals surface area contributed by atoms with Crippen molar-refractivity contribution in [2.24, 2.45) is 0 Å². The molecule has 0 amide bonds.